The van der Waals surface area contributed by atoms with Crippen molar-refractivity contribution in [3.63, 3.8) is 0 Å². The van der Waals surface area contributed by atoms with Crippen LogP contribution in [0.25, 0.3) is 0 Å². The number of aryl methyl sites for hydroxylation is 1. The monoisotopic (exact) mass is 269 g/mol. The van der Waals surface area contributed by atoms with Crippen molar-refractivity contribution >= 4 is 0 Å². The van der Waals surface area contributed by atoms with Crippen LogP contribution in [0.2, 0.25) is 0 Å². The molecule has 0 N–H and O–H groups in total. The van der Waals surface area contributed by atoms with E-state index in [0.717, 1.165) is 12.8 Å². The van der Waals surface area contributed by atoms with Gasteiger partial charge in [0.15, 0.2) is 0 Å². The van der Waals surface area contributed by atoms with E-state index in [1.807, 2.05) is 48.6 Å². The molecule has 0 heterocycles. The Kier molecular flexibility index (Phi) is 11.6. The van der Waals surface area contributed by atoms with Crippen molar-refractivity contribution in [1.82, 2.24) is 0 Å². The van der Waals surface area contributed by atoms with Gasteiger partial charge in [-0.1, -0.05) is 6.92 Å². The summed E-state index contributed by atoms with van der Waals surface area (Å²) >= 11 is 0. The average molecular weight is 269 g/mol. The van der Waals surface area contributed by atoms with Gasteiger partial charge in [0, 0.05) is 0 Å². The number of hydrogen-bond donors (Lipinski definition) is 0. The Hall–Kier alpha value is -1.11. The molecular formula is C17H17Ti. The van der Waals surface area contributed by atoms with Crippen LogP contribution in [-0.2, 0) is 21.7 Å². The Morgan fingerprint density at radius 3 is 1.56 bits per heavy atom. The van der Waals surface area contributed by atoms with E-state index in [9.17, 15) is 0 Å². The molecule has 0 spiro atoms. The summed E-state index contributed by atoms with van der Waals surface area (Å²) in [6.07, 6.45) is 20.0. The standard InChI is InChI=1S/C7H7.2C5H5.Ti/c1-7-5-3-2-4-6-7;2*1-2-4-5-3-1;/h3-6H,1H3;2*1-3H,4H2;/q3*-1;+3. The largest absolute Gasteiger partial charge is 3.00 e. The summed E-state index contributed by atoms with van der Waals surface area (Å²) in [7, 11) is 0. The van der Waals surface area contributed by atoms with E-state index in [1.165, 1.54) is 5.56 Å². The first-order valence-electron chi connectivity index (χ1n) is 5.76. The molecule has 89 valence electrons. The zero-order valence-electron chi connectivity index (χ0n) is 10.7. The third-order valence-electron chi connectivity index (χ3n) is 2.06. The minimum Gasteiger partial charge on any atom is -0.273 e. The van der Waals surface area contributed by atoms with Crippen molar-refractivity contribution < 1.29 is 21.7 Å². The molecule has 0 amide bonds. The van der Waals surface area contributed by atoms with Crippen molar-refractivity contribution in [3.8, 4) is 0 Å². The molecule has 0 unspecified atom stereocenters. The topological polar surface area (TPSA) is 0 Å². The number of hydrogen-bond acceptors (Lipinski definition) is 0. The quantitative estimate of drug-likeness (QED) is 0.483. The van der Waals surface area contributed by atoms with E-state index >= 15 is 0 Å². The van der Waals surface area contributed by atoms with Crippen LogP contribution in [0.1, 0.15) is 18.4 Å². The fourth-order valence-corrected chi connectivity index (χ4v) is 1.15. The van der Waals surface area contributed by atoms with Gasteiger partial charge in [-0.2, -0.15) is 48.0 Å². The van der Waals surface area contributed by atoms with Crippen molar-refractivity contribution in [2.45, 2.75) is 19.8 Å². The van der Waals surface area contributed by atoms with Crippen LogP contribution in [0, 0.1) is 25.1 Å². The molecule has 0 atom stereocenters. The van der Waals surface area contributed by atoms with Crippen LogP contribution in [-0.4, -0.2) is 0 Å². The minimum absolute atomic E-state index is 0. The van der Waals surface area contributed by atoms with Crippen molar-refractivity contribution in [2.75, 3.05) is 0 Å². The van der Waals surface area contributed by atoms with Crippen LogP contribution >= 0.6 is 0 Å². The second-order valence-corrected chi connectivity index (χ2v) is 3.58. The summed E-state index contributed by atoms with van der Waals surface area (Å²) < 4.78 is 0. The number of rotatable bonds is 0. The molecule has 2 aliphatic carbocycles. The number of allylic oxidation sites excluding steroid dienone is 8. The molecular weight excluding hydrogens is 252 g/mol. The Bertz CT molecular complexity index is 355. The van der Waals surface area contributed by atoms with Crippen LogP contribution in [0.5, 0.6) is 0 Å². The maximum absolute atomic E-state index is 2.99. The van der Waals surface area contributed by atoms with Gasteiger partial charge in [-0.15, -0.1) is 12.8 Å². The molecule has 1 aromatic rings. The molecule has 18 heavy (non-hydrogen) atoms. The van der Waals surface area contributed by atoms with Crippen LogP contribution in [0.3, 0.4) is 0 Å². The molecule has 0 nitrogen and oxygen atoms in total. The van der Waals surface area contributed by atoms with E-state index in [-0.39, 0.29) is 21.7 Å². The van der Waals surface area contributed by atoms with Crippen molar-refractivity contribution in [1.29, 1.82) is 0 Å². The summed E-state index contributed by atoms with van der Waals surface area (Å²) in [5.41, 5.74) is 1.29. The molecule has 3 rings (SSSR count). The molecule has 0 aliphatic heterocycles. The minimum atomic E-state index is 0. The normalized spacial score (nSPS) is 13.2. The van der Waals surface area contributed by atoms with Gasteiger partial charge in [0.1, 0.15) is 0 Å². The fraction of sp³-hybridized carbons (Fsp3) is 0.176. The fourth-order valence-electron chi connectivity index (χ4n) is 1.15. The SMILES string of the molecule is Cc1cc[c-]cc1.[C-]1=CC=CC1.[C-]1=CC=CC1.[Ti+3]. The Balaban J connectivity index is 0.000000239. The molecule has 0 saturated carbocycles. The van der Waals surface area contributed by atoms with Gasteiger partial charge in [0.05, 0.1) is 0 Å². The van der Waals surface area contributed by atoms with Gasteiger partial charge in [-0.3, -0.25) is 12.2 Å². The predicted molar refractivity (Wildman–Crippen MR) is 73.2 cm³/mol. The second-order valence-electron chi connectivity index (χ2n) is 3.58. The first-order valence-corrected chi connectivity index (χ1v) is 5.76. The molecule has 1 aromatic carbocycles. The third-order valence-corrected chi connectivity index (χ3v) is 2.06. The zero-order chi connectivity index (χ0) is 12.2. The molecule has 1 heteroatoms. The van der Waals surface area contributed by atoms with E-state index in [1.54, 1.807) is 0 Å². The van der Waals surface area contributed by atoms with E-state index in [4.69, 9.17) is 0 Å². The average Bonchev–Trinajstić information content (AvgIpc) is 3.09. The molecule has 2 aliphatic rings. The smallest absolute Gasteiger partial charge is 0.273 e. The summed E-state index contributed by atoms with van der Waals surface area (Å²) in [5.74, 6) is 0. The van der Waals surface area contributed by atoms with Gasteiger partial charge in [-0.25, -0.2) is 24.3 Å². The summed E-state index contributed by atoms with van der Waals surface area (Å²) in [5, 5.41) is 0. The third kappa shape index (κ3) is 10.1. The van der Waals surface area contributed by atoms with Gasteiger partial charge in [0.25, 0.3) is 0 Å². The molecule has 0 saturated heterocycles. The first-order chi connectivity index (χ1) is 8.39. The van der Waals surface area contributed by atoms with E-state index in [2.05, 4.69) is 37.3 Å². The Labute approximate surface area is 126 Å². The maximum atomic E-state index is 2.99. The molecule has 0 aromatic heterocycles. The Morgan fingerprint density at radius 1 is 0.889 bits per heavy atom. The summed E-state index contributed by atoms with van der Waals surface area (Å²) in [6, 6.07) is 10.8. The van der Waals surface area contributed by atoms with Gasteiger partial charge < -0.3 is 0 Å². The van der Waals surface area contributed by atoms with Crippen LogP contribution in [0.4, 0.5) is 0 Å². The first kappa shape index (κ1) is 16.9. The molecule has 0 fully saturated rings. The maximum Gasteiger partial charge on any atom is 3.00 e. The summed E-state index contributed by atoms with van der Waals surface area (Å²) in [4.78, 5) is 0. The number of benzene rings is 1. The van der Waals surface area contributed by atoms with Gasteiger partial charge >= 0.3 is 21.7 Å². The summed E-state index contributed by atoms with van der Waals surface area (Å²) in [6.45, 7) is 2.06. The Morgan fingerprint density at radius 2 is 1.39 bits per heavy atom. The van der Waals surface area contributed by atoms with Crippen LogP contribution in [0.15, 0.2) is 60.7 Å². The molecule has 0 bridgehead atoms. The van der Waals surface area contributed by atoms with Gasteiger partial charge in [0.2, 0.25) is 0 Å². The van der Waals surface area contributed by atoms with Crippen molar-refractivity contribution in [3.05, 3.63) is 84.5 Å². The van der Waals surface area contributed by atoms with Crippen molar-refractivity contribution in [2.24, 2.45) is 0 Å². The molecule has 1 radical (unpaired) electrons. The van der Waals surface area contributed by atoms with Crippen LogP contribution < -0.4 is 0 Å². The van der Waals surface area contributed by atoms with Gasteiger partial charge in [-0.05, 0) is 0 Å². The second kappa shape index (κ2) is 12.4. The zero-order valence-corrected chi connectivity index (χ0v) is 12.2. The van der Waals surface area contributed by atoms with E-state index in [0.29, 0.717) is 0 Å². The van der Waals surface area contributed by atoms with E-state index < -0.39 is 0 Å². The predicted octanol–water partition coefficient (Wildman–Crippen LogP) is 4.40.